The SMILES string of the molecule is CCCNC(=O)C(C)n1cc(Cl)c([N+](=O)[O-])n1. The lowest BCUT2D eigenvalue weighted by Gasteiger charge is -2.08. The van der Waals surface area contributed by atoms with E-state index in [4.69, 9.17) is 11.6 Å². The lowest BCUT2D eigenvalue weighted by atomic mass is 10.3. The summed E-state index contributed by atoms with van der Waals surface area (Å²) in [4.78, 5) is 21.5. The van der Waals surface area contributed by atoms with Crippen LogP contribution in [0.1, 0.15) is 26.3 Å². The van der Waals surface area contributed by atoms with E-state index in [9.17, 15) is 14.9 Å². The predicted molar refractivity (Wildman–Crippen MR) is 61.9 cm³/mol. The molecule has 7 nitrogen and oxygen atoms in total. The number of rotatable bonds is 5. The van der Waals surface area contributed by atoms with Crippen LogP contribution in [0.25, 0.3) is 0 Å². The third kappa shape index (κ3) is 3.16. The van der Waals surface area contributed by atoms with Crippen molar-refractivity contribution in [3.8, 4) is 0 Å². The number of carbonyl (C=O) groups excluding carboxylic acids is 1. The Balaban J connectivity index is 2.82. The van der Waals surface area contributed by atoms with E-state index in [1.807, 2.05) is 6.92 Å². The Morgan fingerprint density at radius 2 is 2.41 bits per heavy atom. The van der Waals surface area contributed by atoms with Gasteiger partial charge in [0.1, 0.15) is 6.04 Å². The summed E-state index contributed by atoms with van der Waals surface area (Å²) in [6.45, 7) is 4.08. The maximum atomic E-state index is 11.6. The zero-order chi connectivity index (χ0) is 13.0. The molecule has 0 aliphatic heterocycles. The molecule has 1 aromatic heterocycles. The molecule has 1 heterocycles. The van der Waals surface area contributed by atoms with Gasteiger partial charge in [0.2, 0.25) is 5.91 Å². The third-order valence-corrected chi connectivity index (χ3v) is 2.43. The molecule has 8 heteroatoms. The quantitative estimate of drug-likeness (QED) is 0.642. The average molecular weight is 261 g/mol. The van der Waals surface area contributed by atoms with Crippen molar-refractivity contribution in [1.29, 1.82) is 0 Å². The van der Waals surface area contributed by atoms with Crippen LogP contribution in [-0.4, -0.2) is 27.2 Å². The summed E-state index contributed by atoms with van der Waals surface area (Å²) in [7, 11) is 0. The molecule has 0 fully saturated rings. The number of amides is 1. The van der Waals surface area contributed by atoms with E-state index in [1.165, 1.54) is 10.9 Å². The Morgan fingerprint density at radius 1 is 1.76 bits per heavy atom. The van der Waals surface area contributed by atoms with Gasteiger partial charge in [0.05, 0.1) is 11.3 Å². The highest BCUT2D eigenvalue weighted by Crippen LogP contribution is 2.23. The Labute approximate surface area is 103 Å². The summed E-state index contributed by atoms with van der Waals surface area (Å²) in [5.74, 6) is -0.692. The minimum atomic E-state index is -0.685. The second-order valence-corrected chi connectivity index (χ2v) is 3.91. The van der Waals surface area contributed by atoms with Crippen LogP contribution in [-0.2, 0) is 4.79 Å². The van der Waals surface area contributed by atoms with Gasteiger partial charge in [-0.05, 0) is 18.3 Å². The van der Waals surface area contributed by atoms with Gasteiger partial charge in [-0.3, -0.25) is 4.79 Å². The highest BCUT2D eigenvalue weighted by atomic mass is 35.5. The summed E-state index contributed by atoms with van der Waals surface area (Å²) >= 11 is 5.64. The molecule has 0 saturated heterocycles. The van der Waals surface area contributed by atoms with Gasteiger partial charge in [0, 0.05) is 6.54 Å². The van der Waals surface area contributed by atoms with Crippen molar-refractivity contribution in [2.75, 3.05) is 6.54 Å². The minimum absolute atomic E-state index is 0.0786. The van der Waals surface area contributed by atoms with Crippen molar-refractivity contribution in [2.45, 2.75) is 26.3 Å². The number of carbonyl (C=O) groups is 1. The van der Waals surface area contributed by atoms with Crippen molar-refractivity contribution < 1.29 is 9.72 Å². The van der Waals surface area contributed by atoms with Gasteiger partial charge < -0.3 is 15.4 Å². The lowest BCUT2D eigenvalue weighted by molar-refractivity contribution is -0.389. The maximum absolute atomic E-state index is 11.6. The van der Waals surface area contributed by atoms with E-state index in [0.29, 0.717) is 6.54 Å². The molecule has 94 valence electrons. The largest absolute Gasteiger partial charge is 0.408 e. The van der Waals surface area contributed by atoms with Crippen molar-refractivity contribution in [3.63, 3.8) is 0 Å². The zero-order valence-electron chi connectivity index (χ0n) is 9.51. The second-order valence-electron chi connectivity index (χ2n) is 3.50. The average Bonchev–Trinajstić information content (AvgIpc) is 2.67. The summed E-state index contributed by atoms with van der Waals surface area (Å²) in [6.07, 6.45) is 2.09. The summed E-state index contributed by atoms with van der Waals surface area (Å²) < 4.78 is 1.19. The number of nitro groups is 1. The number of aromatic nitrogens is 2. The molecule has 0 saturated carbocycles. The topological polar surface area (TPSA) is 90.1 Å². The molecule has 1 amide bonds. The molecular formula is C9H13ClN4O3. The van der Waals surface area contributed by atoms with Crippen LogP contribution in [0.5, 0.6) is 0 Å². The summed E-state index contributed by atoms with van der Waals surface area (Å²) in [6, 6.07) is -0.632. The van der Waals surface area contributed by atoms with Crippen molar-refractivity contribution >= 4 is 23.3 Å². The van der Waals surface area contributed by atoms with E-state index in [2.05, 4.69) is 10.4 Å². The van der Waals surface area contributed by atoms with Crippen LogP contribution >= 0.6 is 11.6 Å². The van der Waals surface area contributed by atoms with E-state index in [-0.39, 0.29) is 10.9 Å². The number of hydrogen-bond donors (Lipinski definition) is 1. The molecular weight excluding hydrogens is 248 g/mol. The molecule has 0 spiro atoms. The molecule has 0 aliphatic carbocycles. The first-order valence-corrected chi connectivity index (χ1v) is 5.52. The molecule has 0 aromatic carbocycles. The third-order valence-electron chi connectivity index (χ3n) is 2.17. The molecule has 1 atom stereocenters. The Morgan fingerprint density at radius 3 is 2.88 bits per heavy atom. The predicted octanol–water partition coefficient (Wildman–Crippen LogP) is 1.53. The fourth-order valence-electron chi connectivity index (χ4n) is 1.20. The van der Waals surface area contributed by atoms with E-state index < -0.39 is 16.8 Å². The summed E-state index contributed by atoms with van der Waals surface area (Å²) in [5, 5.41) is 16.8. The van der Waals surface area contributed by atoms with Crippen molar-refractivity contribution in [1.82, 2.24) is 15.1 Å². The highest BCUT2D eigenvalue weighted by Gasteiger charge is 2.25. The first kappa shape index (κ1) is 13.4. The molecule has 0 aliphatic rings. The second kappa shape index (κ2) is 5.62. The van der Waals surface area contributed by atoms with Gasteiger partial charge >= 0.3 is 5.82 Å². The van der Waals surface area contributed by atoms with E-state index in [0.717, 1.165) is 6.42 Å². The Kier molecular flexibility index (Phi) is 4.45. The van der Waals surface area contributed by atoms with E-state index >= 15 is 0 Å². The van der Waals surface area contributed by atoms with Gasteiger partial charge in [-0.25, -0.2) is 0 Å². The number of halogens is 1. The fourth-order valence-corrected chi connectivity index (χ4v) is 1.40. The monoisotopic (exact) mass is 260 g/mol. The van der Waals surface area contributed by atoms with Gasteiger partial charge in [-0.2, -0.15) is 4.68 Å². The highest BCUT2D eigenvalue weighted by molar-refractivity contribution is 6.32. The van der Waals surface area contributed by atoms with Gasteiger partial charge in [-0.15, -0.1) is 0 Å². The van der Waals surface area contributed by atoms with Gasteiger partial charge in [0.25, 0.3) is 0 Å². The van der Waals surface area contributed by atoms with Crippen LogP contribution in [0.2, 0.25) is 5.02 Å². The van der Waals surface area contributed by atoms with Crippen molar-refractivity contribution in [2.24, 2.45) is 0 Å². The normalized spacial score (nSPS) is 12.2. The van der Waals surface area contributed by atoms with Crippen molar-refractivity contribution in [3.05, 3.63) is 21.3 Å². The smallest absolute Gasteiger partial charge is 0.358 e. The molecule has 1 aromatic rings. The van der Waals surface area contributed by atoms with Crippen LogP contribution < -0.4 is 5.32 Å². The molecule has 1 N–H and O–H groups in total. The van der Waals surface area contributed by atoms with Gasteiger partial charge in [0.15, 0.2) is 5.02 Å². The lowest BCUT2D eigenvalue weighted by Crippen LogP contribution is -2.31. The molecule has 0 radical (unpaired) electrons. The first-order valence-electron chi connectivity index (χ1n) is 5.14. The number of nitrogens with one attached hydrogen (secondary N) is 1. The van der Waals surface area contributed by atoms with Gasteiger partial charge in [-0.1, -0.05) is 18.5 Å². The first-order chi connectivity index (χ1) is 7.97. The van der Waals surface area contributed by atoms with Crippen LogP contribution in [0, 0.1) is 10.1 Å². The molecule has 1 rings (SSSR count). The molecule has 1 unspecified atom stereocenters. The number of hydrogen-bond acceptors (Lipinski definition) is 4. The minimum Gasteiger partial charge on any atom is -0.358 e. The Bertz CT molecular complexity index is 432. The standard InChI is InChI=1S/C9H13ClN4O3/c1-3-4-11-9(15)6(2)13-5-7(10)8(12-13)14(16)17/h5-6H,3-4H2,1-2H3,(H,11,15). The summed E-state index contributed by atoms with van der Waals surface area (Å²) in [5.41, 5.74) is 0. The van der Waals surface area contributed by atoms with Crippen LogP contribution in [0.4, 0.5) is 5.82 Å². The number of nitrogens with zero attached hydrogens (tertiary/aromatic N) is 3. The Hall–Kier alpha value is -1.63. The zero-order valence-corrected chi connectivity index (χ0v) is 10.3. The molecule has 17 heavy (non-hydrogen) atoms. The van der Waals surface area contributed by atoms with Crippen LogP contribution in [0.3, 0.4) is 0 Å². The van der Waals surface area contributed by atoms with Crippen LogP contribution in [0.15, 0.2) is 6.20 Å². The maximum Gasteiger partial charge on any atom is 0.408 e. The molecule has 0 bridgehead atoms. The van der Waals surface area contributed by atoms with E-state index in [1.54, 1.807) is 6.92 Å². The fraction of sp³-hybridized carbons (Fsp3) is 0.556.